The molecule has 0 unspecified atom stereocenters. The van der Waals surface area contributed by atoms with Crippen molar-refractivity contribution in [1.82, 2.24) is 34.9 Å². The molecule has 4 aromatic heterocycles. The Balaban J connectivity index is 1.18. The maximum absolute atomic E-state index is 11.1. The van der Waals surface area contributed by atoms with Crippen LogP contribution in [-0.2, 0) is 16.6 Å². The molecule has 14 heteroatoms. The highest BCUT2D eigenvalue weighted by Crippen LogP contribution is 2.32. The van der Waals surface area contributed by atoms with Crippen LogP contribution in [0.4, 0.5) is 11.5 Å². The second-order valence-corrected chi connectivity index (χ2v) is 11.0. The fourth-order valence-corrected chi connectivity index (χ4v) is 4.65. The fraction of sp³-hybridized carbons (Fsp3) is 0.148. The average molecular weight is 572 g/mol. The van der Waals surface area contributed by atoms with Gasteiger partial charge in [-0.1, -0.05) is 0 Å². The van der Waals surface area contributed by atoms with Gasteiger partial charge in [-0.15, -0.1) is 10.2 Å². The van der Waals surface area contributed by atoms with Crippen molar-refractivity contribution >= 4 is 38.1 Å². The first-order valence-electron chi connectivity index (χ1n) is 12.6. The van der Waals surface area contributed by atoms with E-state index in [1.807, 2.05) is 55.5 Å². The van der Waals surface area contributed by atoms with E-state index in [2.05, 4.69) is 35.8 Å². The number of anilines is 2. The number of primary sulfonamides is 1. The highest BCUT2D eigenvalue weighted by molar-refractivity contribution is 7.89. The highest BCUT2D eigenvalue weighted by atomic mass is 32.2. The second-order valence-electron chi connectivity index (χ2n) is 9.29. The van der Waals surface area contributed by atoms with E-state index in [0.29, 0.717) is 41.2 Å². The van der Waals surface area contributed by atoms with E-state index >= 15 is 0 Å². The molecule has 0 atom stereocenters. The number of fused-ring (bicyclic) bond motifs is 2. The van der Waals surface area contributed by atoms with Crippen LogP contribution in [0.2, 0.25) is 0 Å². The molecule has 0 aliphatic heterocycles. The van der Waals surface area contributed by atoms with Gasteiger partial charge in [-0.2, -0.15) is 0 Å². The van der Waals surface area contributed by atoms with E-state index in [1.165, 1.54) is 6.33 Å². The minimum Gasteiger partial charge on any atom is -0.460 e. The first-order valence-corrected chi connectivity index (χ1v) is 14.3. The first-order chi connectivity index (χ1) is 19.8. The molecule has 208 valence electrons. The van der Waals surface area contributed by atoms with Crippen molar-refractivity contribution in [2.75, 3.05) is 17.6 Å². The van der Waals surface area contributed by atoms with Gasteiger partial charge in [0.05, 0.1) is 17.8 Å². The van der Waals surface area contributed by atoms with Crippen LogP contribution >= 0.6 is 0 Å². The minimum absolute atomic E-state index is 0.145. The van der Waals surface area contributed by atoms with Crippen LogP contribution < -0.4 is 20.5 Å². The summed E-state index contributed by atoms with van der Waals surface area (Å²) in [6.45, 7) is 2.56. The number of hydrogen-bond acceptors (Lipinski definition) is 11. The molecule has 4 heterocycles. The molecule has 0 amide bonds. The molecule has 0 aliphatic carbocycles. The largest absolute Gasteiger partial charge is 0.460 e. The normalized spacial score (nSPS) is 11.8. The Morgan fingerprint density at radius 1 is 1.02 bits per heavy atom. The Kier molecular flexibility index (Phi) is 7.01. The van der Waals surface area contributed by atoms with Gasteiger partial charge in [0.25, 0.3) is 0 Å². The van der Waals surface area contributed by atoms with Gasteiger partial charge >= 0.3 is 0 Å². The maximum Gasteiger partial charge on any atom is 0.224 e. The molecule has 0 saturated carbocycles. The summed E-state index contributed by atoms with van der Waals surface area (Å²) in [5.41, 5.74) is 3.99. The molecule has 4 N–H and O–H groups in total. The van der Waals surface area contributed by atoms with Crippen molar-refractivity contribution in [1.29, 1.82) is 0 Å². The molecule has 6 aromatic rings. The van der Waals surface area contributed by atoms with E-state index in [0.717, 1.165) is 27.7 Å². The Bertz CT molecular complexity index is 1970. The zero-order chi connectivity index (χ0) is 28.4. The molecule has 6 rings (SSSR count). The number of aromatic nitrogens is 6. The zero-order valence-corrected chi connectivity index (χ0v) is 22.7. The molecule has 0 radical (unpaired) electrons. The molecule has 0 spiro atoms. The number of nitrogens with zero attached hydrogens (tertiary/aromatic N) is 6. The van der Waals surface area contributed by atoms with Crippen LogP contribution in [0.1, 0.15) is 11.3 Å². The summed E-state index contributed by atoms with van der Waals surface area (Å²) in [4.78, 5) is 13.2. The summed E-state index contributed by atoms with van der Waals surface area (Å²) in [7, 11) is -3.51. The van der Waals surface area contributed by atoms with Gasteiger partial charge in [-0.25, -0.2) is 28.5 Å². The third-order valence-electron chi connectivity index (χ3n) is 6.26. The molecule has 41 heavy (non-hydrogen) atoms. The van der Waals surface area contributed by atoms with Crippen molar-refractivity contribution in [3.8, 4) is 23.0 Å². The average Bonchev–Trinajstić information content (AvgIpc) is 3.62. The van der Waals surface area contributed by atoms with Gasteiger partial charge in [0.15, 0.2) is 5.65 Å². The van der Waals surface area contributed by atoms with E-state index in [-0.39, 0.29) is 12.3 Å². The van der Waals surface area contributed by atoms with Crippen molar-refractivity contribution in [2.24, 2.45) is 5.14 Å². The topological polar surface area (TPSA) is 175 Å². The summed E-state index contributed by atoms with van der Waals surface area (Å²) in [5, 5.41) is 20.1. The lowest BCUT2D eigenvalue weighted by Gasteiger charge is -2.12. The van der Waals surface area contributed by atoms with Gasteiger partial charge in [0, 0.05) is 29.2 Å². The van der Waals surface area contributed by atoms with E-state index in [1.54, 1.807) is 23.1 Å². The van der Waals surface area contributed by atoms with Crippen LogP contribution in [0.15, 0.2) is 78.0 Å². The Hall–Kier alpha value is -4.92. The van der Waals surface area contributed by atoms with E-state index < -0.39 is 10.0 Å². The predicted molar refractivity (Wildman–Crippen MR) is 152 cm³/mol. The second kappa shape index (κ2) is 10.9. The van der Waals surface area contributed by atoms with Gasteiger partial charge < -0.3 is 19.8 Å². The SMILES string of the molecule is Cc1cc(Nc2ncnc3ccc(-c4ccc(CNCCS(N)(=O)=O)o4)cc23)ccc1Oc1cc2nncn2cn1. The molecular formula is C27H25N9O4S. The number of rotatable bonds is 10. The monoisotopic (exact) mass is 571 g/mol. The number of ether oxygens (including phenoxy) is 1. The van der Waals surface area contributed by atoms with Gasteiger partial charge in [-0.05, 0) is 61.0 Å². The van der Waals surface area contributed by atoms with Crippen molar-refractivity contribution < 1.29 is 17.6 Å². The smallest absolute Gasteiger partial charge is 0.224 e. The summed E-state index contributed by atoms with van der Waals surface area (Å²) in [5.74, 6) is 2.92. The van der Waals surface area contributed by atoms with E-state index in [4.69, 9.17) is 14.3 Å². The fourth-order valence-electron chi connectivity index (χ4n) is 4.22. The number of benzene rings is 2. The molecule has 0 aliphatic rings. The van der Waals surface area contributed by atoms with Gasteiger partial charge in [0.1, 0.15) is 42.1 Å². The number of sulfonamides is 1. The number of hydrogen-bond donors (Lipinski definition) is 3. The molecule has 2 aromatic carbocycles. The molecule has 13 nitrogen and oxygen atoms in total. The van der Waals surface area contributed by atoms with Crippen LogP contribution in [-0.4, -0.2) is 50.3 Å². The lowest BCUT2D eigenvalue weighted by molar-refractivity contribution is 0.458. The van der Waals surface area contributed by atoms with E-state index in [9.17, 15) is 8.42 Å². The Morgan fingerprint density at radius 3 is 2.78 bits per heavy atom. The lowest BCUT2D eigenvalue weighted by atomic mass is 10.1. The molecule has 0 saturated heterocycles. The number of nitrogens with two attached hydrogens (primary N) is 1. The predicted octanol–water partition coefficient (Wildman–Crippen LogP) is 3.55. The Labute approximate surface area is 234 Å². The zero-order valence-electron chi connectivity index (χ0n) is 21.9. The first kappa shape index (κ1) is 26.3. The number of furan rings is 1. The summed E-state index contributed by atoms with van der Waals surface area (Å²) in [6, 6.07) is 17.0. The Morgan fingerprint density at radius 2 is 1.93 bits per heavy atom. The van der Waals surface area contributed by atoms with Crippen molar-refractivity contribution in [3.05, 3.63) is 84.9 Å². The third kappa shape index (κ3) is 6.14. The molecule has 0 fully saturated rings. The number of nitrogens with one attached hydrogen (secondary N) is 2. The lowest BCUT2D eigenvalue weighted by Crippen LogP contribution is -2.26. The quantitative estimate of drug-likeness (QED) is 0.205. The third-order valence-corrected chi connectivity index (χ3v) is 7.03. The van der Waals surface area contributed by atoms with Crippen LogP contribution in [0.25, 0.3) is 27.9 Å². The summed E-state index contributed by atoms with van der Waals surface area (Å²) < 4.78 is 35.8. The maximum atomic E-state index is 11.1. The standard InChI is InChI=1S/C27H25N9O4S/c1-17-10-19(3-6-23(17)40-26-12-25-35-33-16-36(25)15-32-26)34-27-21-11-18(2-5-22(21)30-14-31-27)24-7-4-20(39-24)13-29-8-9-41(28,37)38/h2-7,10-12,14-16,29H,8-9,13H2,1H3,(H2,28,37,38)(H,30,31,34). The van der Waals surface area contributed by atoms with Crippen LogP contribution in [0.3, 0.4) is 0 Å². The number of aryl methyl sites for hydroxylation is 1. The van der Waals surface area contributed by atoms with Gasteiger partial charge in [0.2, 0.25) is 15.9 Å². The molecule has 0 bridgehead atoms. The van der Waals surface area contributed by atoms with Crippen LogP contribution in [0.5, 0.6) is 11.6 Å². The summed E-state index contributed by atoms with van der Waals surface area (Å²) >= 11 is 0. The summed E-state index contributed by atoms with van der Waals surface area (Å²) in [6.07, 6.45) is 4.69. The minimum atomic E-state index is -3.51. The van der Waals surface area contributed by atoms with Crippen LogP contribution in [0, 0.1) is 6.92 Å². The van der Waals surface area contributed by atoms with Crippen molar-refractivity contribution in [3.63, 3.8) is 0 Å². The van der Waals surface area contributed by atoms with Crippen molar-refractivity contribution in [2.45, 2.75) is 13.5 Å². The highest BCUT2D eigenvalue weighted by Gasteiger charge is 2.12. The molecular weight excluding hydrogens is 546 g/mol. The van der Waals surface area contributed by atoms with Gasteiger partial charge in [-0.3, -0.25) is 4.40 Å².